The van der Waals surface area contributed by atoms with Crippen molar-refractivity contribution in [3.63, 3.8) is 0 Å². The van der Waals surface area contributed by atoms with Gasteiger partial charge in [-0.3, -0.25) is 14.9 Å². The first-order valence-corrected chi connectivity index (χ1v) is 5.14. The Morgan fingerprint density at radius 1 is 1.41 bits per heavy atom. The fourth-order valence-corrected chi connectivity index (χ4v) is 1.42. The lowest BCUT2D eigenvalue weighted by molar-refractivity contribution is -0.385. The summed E-state index contributed by atoms with van der Waals surface area (Å²) in [6.07, 6.45) is 0. The van der Waals surface area contributed by atoms with Crippen LogP contribution >= 0.6 is 0 Å². The van der Waals surface area contributed by atoms with Gasteiger partial charge in [0, 0.05) is 11.5 Å². The van der Waals surface area contributed by atoms with Crippen molar-refractivity contribution in [3.05, 3.63) is 33.9 Å². The smallest absolute Gasteiger partial charge is 0.311 e. The van der Waals surface area contributed by atoms with E-state index in [1.807, 2.05) is 0 Å². The predicted octanol–water partition coefficient (Wildman–Crippen LogP) is 2.47. The maximum absolute atomic E-state index is 11.5. The predicted molar refractivity (Wildman–Crippen MR) is 63.4 cm³/mol. The molecule has 5 heteroatoms. The van der Waals surface area contributed by atoms with Gasteiger partial charge in [-0.05, 0) is 32.4 Å². The highest BCUT2D eigenvalue weighted by molar-refractivity contribution is 5.87. The minimum atomic E-state index is -0.739. The summed E-state index contributed by atoms with van der Waals surface area (Å²) < 4.78 is 4.91. The molecule has 0 radical (unpaired) electrons. The molecule has 0 spiro atoms. The Labute approximate surface area is 99.5 Å². The SMILES string of the molecule is COc1ccc(C(C)(C)C(C)=O)cc1[N+](=O)[O-]. The van der Waals surface area contributed by atoms with Gasteiger partial charge in [0.15, 0.2) is 5.75 Å². The molecule has 0 unspecified atom stereocenters. The third kappa shape index (κ3) is 2.43. The van der Waals surface area contributed by atoms with Crippen LogP contribution in [-0.4, -0.2) is 17.8 Å². The van der Waals surface area contributed by atoms with E-state index in [1.165, 1.54) is 26.2 Å². The van der Waals surface area contributed by atoms with E-state index in [2.05, 4.69) is 0 Å². The monoisotopic (exact) mass is 237 g/mol. The summed E-state index contributed by atoms with van der Waals surface area (Å²) in [5.74, 6) is 0.148. The third-order valence-electron chi connectivity index (χ3n) is 2.98. The molecule has 1 rings (SSSR count). The topological polar surface area (TPSA) is 69.4 Å². The normalized spacial score (nSPS) is 11.1. The highest BCUT2D eigenvalue weighted by Crippen LogP contribution is 2.33. The van der Waals surface area contributed by atoms with Gasteiger partial charge in [-0.15, -0.1) is 0 Å². The highest BCUT2D eigenvalue weighted by atomic mass is 16.6. The van der Waals surface area contributed by atoms with Crippen molar-refractivity contribution < 1.29 is 14.5 Å². The number of nitro benzene ring substituents is 1. The standard InChI is InChI=1S/C12H15NO4/c1-8(14)12(2,3)9-5-6-11(17-4)10(7-9)13(15)16/h5-7H,1-4H3. The third-order valence-corrected chi connectivity index (χ3v) is 2.98. The van der Waals surface area contributed by atoms with Crippen LogP contribution in [0.2, 0.25) is 0 Å². The quantitative estimate of drug-likeness (QED) is 0.595. The molecule has 0 aliphatic heterocycles. The van der Waals surface area contributed by atoms with Gasteiger partial charge in [-0.25, -0.2) is 0 Å². The van der Waals surface area contributed by atoms with Crippen LogP contribution in [0.15, 0.2) is 18.2 Å². The average Bonchev–Trinajstić information content (AvgIpc) is 2.27. The minimum Gasteiger partial charge on any atom is -0.490 e. The lowest BCUT2D eigenvalue weighted by atomic mass is 9.81. The second-order valence-corrected chi connectivity index (χ2v) is 4.32. The number of ether oxygens (including phenoxy) is 1. The van der Waals surface area contributed by atoms with E-state index in [0.717, 1.165) is 0 Å². The van der Waals surface area contributed by atoms with Crippen molar-refractivity contribution in [1.29, 1.82) is 0 Å². The van der Waals surface area contributed by atoms with Crippen LogP contribution in [0.25, 0.3) is 0 Å². The van der Waals surface area contributed by atoms with Crippen molar-refractivity contribution in [3.8, 4) is 5.75 Å². The second-order valence-electron chi connectivity index (χ2n) is 4.32. The number of benzene rings is 1. The van der Waals surface area contributed by atoms with Crippen molar-refractivity contribution in [2.24, 2.45) is 0 Å². The first-order valence-electron chi connectivity index (χ1n) is 5.14. The molecular formula is C12H15NO4. The van der Waals surface area contributed by atoms with E-state index in [0.29, 0.717) is 5.56 Å². The summed E-state index contributed by atoms with van der Waals surface area (Å²) in [5.41, 5.74) is -0.256. The Morgan fingerprint density at radius 3 is 2.41 bits per heavy atom. The van der Waals surface area contributed by atoms with E-state index in [9.17, 15) is 14.9 Å². The molecule has 1 aromatic rings. The molecule has 17 heavy (non-hydrogen) atoms. The van der Waals surface area contributed by atoms with E-state index in [-0.39, 0.29) is 17.2 Å². The van der Waals surface area contributed by atoms with E-state index in [1.54, 1.807) is 19.9 Å². The summed E-state index contributed by atoms with van der Waals surface area (Å²) in [4.78, 5) is 21.9. The summed E-state index contributed by atoms with van der Waals surface area (Å²) in [5, 5.41) is 10.9. The highest BCUT2D eigenvalue weighted by Gasteiger charge is 2.29. The van der Waals surface area contributed by atoms with Crippen LogP contribution in [0.4, 0.5) is 5.69 Å². The fourth-order valence-electron chi connectivity index (χ4n) is 1.42. The van der Waals surface area contributed by atoms with Gasteiger partial charge in [0.25, 0.3) is 0 Å². The molecule has 0 fully saturated rings. The molecule has 0 bridgehead atoms. The summed E-state index contributed by atoms with van der Waals surface area (Å²) in [7, 11) is 1.37. The molecule has 0 atom stereocenters. The zero-order valence-electron chi connectivity index (χ0n) is 10.3. The summed E-state index contributed by atoms with van der Waals surface area (Å²) >= 11 is 0. The number of carbonyl (C=O) groups excluding carboxylic acids is 1. The Balaban J connectivity index is 3.35. The Hall–Kier alpha value is -1.91. The summed E-state index contributed by atoms with van der Waals surface area (Å²) in [6.45, 7) is 4.94. The van der Waals surface area contributed by atoms with Gasteiger partial charge in [-0.1, -0.05) is 6.07 Å². The van der Waals surface area contributed by atoms with Crippen LogP contribution in [-0.2, 0) is 10.2 Å². The van der Waals surface area contributed by atoms with E-state index >= 15 is 0 Å². The van der Waals surface area contributed by atoms with Gasteiger partial charge in [0.2, 0.25) is 0 Å². The van der Waals surface area contributed by atoms with Crippen LogP contribution in [0, 0.1) is 10.1 Å². The number of hydrogen-bond donors (Lipinski definition) is 0. The maximum atomic E-state index is 11.5. The van der Waals surface area contributed by atoms with Crippen LogP contribution in [0.3, 0.4) is 0 Å². The van der Waals surface area contributed by atoms with Crippen molar-refractivity contribution in [2.75, 3.05) is 7.11 Å². The van der Waals surface area contributed by atoms with Crippen molar-refractivity contribution in [2.45, 2.75) is 26.2 Å². The van der Waals surface area contributed by atoms with Gasteiger partial charge >= 0.3 is 5.69 Å². The van der Waals surface area contributed by atoms with Gasteiger partial charge in [-0.2, -0.15) is 0 Å². The number of ketones is 1. The zero-order chi connectivity index (χ0) is 13.2. The lowest BCUT2D eigenvalue weighted by Crippen LogP contribution is -2.26. The van der Waals surface area contributed by atoms with Crippen LogP contribution in [0.5, 0.6) is 5.75 Å². The molecule has 0 amide bonds. The number of nitrogens with zero attached hydrogens (tertiary/aromatic N) is 1. The Bertz CT molecular complexity index is 466. The number of rotatable bonds is 4. The van der Waals surface area contributed by atoms with Crippen molar-refractivity contribution >= 4 is 11.5 Å². The number of hydrogen-bond acceptors (Lipinski definition) is 4. The molecule has 0 heterocycles. The molecule has 0 aliphatic carbocycles. The van der Waals surface area contributed by atoms with Crippen LogP contribution in [0.1, 0.15) is 26.3 Å². The van der Waals surface area contributed by atoms with Gasteiger partial charge in [0.05, 0.1) is 12.0 Å². The molecule has 0 saturated carbocycles. The number of methoxy groups -OCH3 is 1. The number of carbonyl (C=O) groups is 1. The van der Waals surface area contributed by atoms with Gasteiger partial charge in [0.1, 0.15) is 5.78 Å². The van der Waals surface area contributed by atoms with E-state index < -0.39 is 10.3 Å². The second kappa shape index (κ2) is 4.53. The molecule has 0 aromatic heterocycles. The fraction of sp³-hybridized carbons (Fsp3) is 0.417. The average molecular weight is 237 g/mol. The van der Waals surface area contributed by atoms with E-state index in [4.69, 9.17) is 4.74 Å². The molecule has 5 nitrogen and oxygen atoms in total. The van der Waals surface area contributed by atoms with Crippen molar-refractivity contribution in [1.82, 2.24) is 0 Å². The lowest BCUT2D eigenvalue weighted by Gasteiger charge is -2.21. The Kier molecular flexibility index (Phi) is 3.50. The molecule has 92 valence electrons. The van der Waals surface area contributed by atoms with Gasteiger partial charge < -0.3 is 4.74 Å². The molecule has 0 aliphatic rings. The van der Waals surface area contributed by atoms with Crippen LogP contribution < -0.4 is 4.74 Å². The zero-order valence-corrected chi connectivity index (χ0v) is 10.3. The number of nitro groups is 1. The molecule has 1 aromatic carbocycles. The molecule has 0 saturated heterocycles. The maximum Gasteiger partial charge on any atom is 0.311 e. The molecular weight excluding hydrogens is 222 g/mol. The number of Topliss-reactive ketones (excluding diaryl/α,β-unsaturated/α-hetero) is 1. The summed E-state index contributed by atoms with van der Waals surface area (Å²) in [6, 6.07) is 4.58. The first-order chi connectivity index (χ1) is 7.80. The minimum absolute atomic E-state index is 0.0445. The largest absolute Gasteiger partial charge is 0.490 e. The Morgan fingerprint density at radius 2 is 2.00 bits per heavy atom. The first kappa shape index (κ1) is 13.2. The molecule has 0 N–H and O–H groups in total.